The van der Waals surface area contributed by atoms with Gasteiger partial charge < -0.3 is 0 Å². The van der Waals surface area contributed by atoms with Gasteiger partial charge in [-0.2, -0.15) is 13.2 Å². The molecule has 0 aliphatic heterocycles. The summed E-state index contributed by atoms with van der Waals surface area (Å²) in [7, 11) is -8.38. The molecule has 3 N–H and O–H groups in total. The van der Waals surface area contributed by atoms with Gasteiger partial charge in [0.2, 0.25) is 20.0 Å². The smallest absolute Gasteiger partial charge is 0.225 e. The van der Waals surface area contributed by atoms with Crippen molar-refractivity contribution < 1.29 is 34.4 Å². The lowest BCUT2D eigenvalue weighted by Gasteiger charge is -2.11. The summed E-state index contributed by atoms with van der Waals surface area (Å²) in [4.78, 5) is -1.24. The van der Waals surface area contributed by atoms with E-state index in [4.69, 9.17) is 5.14 Å². The number of halogens is 4. The number of nitrogens with one attached hydrogen (secondary N) is 1. The van der Waals surface area contributed by atoms with E-state index in [-0.39, 0.29) is 23.9 Å². The molecule has 0 saturated heterocycles. The van der Waals surface area contributed by atoms with Gasteiger partial charge in [-0.25, -0.2) is 31.1 Å². The van der Waals surface area contributed by atoms with E-state index >= 15 is 0 Å². The molecule has 0 amide bonds. The van der Waals surface area contributed by atoms with Crippen molar-refractivity contribution in [2.75, 3.05) is 6.54 Å². The SMILES string of the molecule is NS(=O)(=O)c1ccc(CCNS(=O)(=O)c2cc(C(F)(F)F)ccc2F)cc1. The minimum Gasteiger partial charge on any atom is -0.225 e. The number of hydrogen-bond donors (Lipinski definition) is 2. The Hall–Kier alpha value is -2.02. The molecule has 2 aromatic carbocycles. The van der Waals surface area contributed by atoms with E-state index in [1.807, 2.05) is 4.72 Å². The fourth-order valence-corrected chi connectivity index (χ4v) is 3.79. The zero-order valence-electron chi connectivity index (χ0n) is 13.5. The second kappa shape index (κ2) is 7.54. The molecule has 0 aromatic heterocycles. The van der Waals surface area contributed by atoms with Gasteiger partial charge in [-0.1, -0.05) is 12.1 Å². The minimum absolute atomic E-state index is 0.0880. The van der Waals surface area contributed by atoms with Crippen LogP contribution in [0.3, 0.4) is 0 Å². The van der Waals surface area contributed by atoms with Crippen LogP contribution in [0.1, 0.15) is 11.1 Å². The zero-order valence-corrected chi connectivity index (χ0v) is 15.1. The van der Waals surface area contributed by atoms with Crippen LogP contribution in [-0.4, -0.2) is 23.4 Å². The maximum atomic E-state index is 13.7. The predicted molar refractivity (Wildman–Crippen MR) is 88.1 cm³/mol. The van der Waals surface area contributed by atoms with Crippen LogP contribution in [0.15, 0.2) is 52.3 Å². The van der Waals surface area contributed by atoms with Crippen molar-refractivity contribution in [3.8, 4) is 0 Å². The van der Waals surface area contributed by atoms with E-state index in [0.717, 1.165) is 0 Å². The molecule has 148 valence electrons. The first-order valence-corrected chi connectivity index (χ1v) is 10.3. The normalized spacial score (nSPS) is 12.9. The third-order valence-electron chi connectivity index (χ3n) is 3.51. The Labute approximate surface area is 153 Å². The zero-order chi connectivity index (χ0) is 20.5. The summed E-state index contributed by atoms with van der Waals surface area (Å²) in [6.45, 7) is -0.243. The number of nitrogens with two attached hydrogens (primary N) is 1. The van der Waals surface area contributed by atoms with E-state index in [1.54, 1.807) is 0 Å². The highest BCUT2D eigenvalue weighted by atomic mass is 32.2. The van der Waals surface area contributed by atoms with Gasteiger partial charge in [-0.3, -0.25) is 0 Å². The first-order valence-electron chi connectivity index (χ1n) is 7.29. The second-order valence-electron chi connectivity index (χ2n) is 5.48. The Morgan fingerprint density at radius 1 is 0.963 bits per heavy atom. The van der Waals surface area contributed by atoms with Gasteiger partial charge in [-0.15, -0.1) is 0 Å². The minimum atomic E-state index is -4.82. The third-order valence-corrected chi connectivity index (χ3v) is 5.91. The van der Waals surface area contributed by atoms with Gasteiger partial charge >= 0.3 is 6.18 Å². The van der Waals surface area contributed by atoms with Crippen LogP contribution in [0.5, 0.6) is 0 Å². The van der Waals surface area contributed by atoms with E-state index in [2.05, 4.69) is 0 Å². The lowest BCUT2D eigenvalue weighted by atomic mass is 10.2. The molecule has 0 fully saturated rings. The molecule has 0 aliphatic rings. The number of primary sulfonamides is 1. The van der Waals surface area contributed by atoms with Crippen LogP contribution in [-0.2, 0) is 32.6 Å². The molecular weight excluding hydrogens is 412 g/mol. The van der Waals surface area contributed by atoms with Crippen molar-refractivity contribution in [1.29, 1.82) is 0 Å². The molecule has 0 aliphatic carbocycles. The molecular formula is C15H14F4N2O4S2. The number of sulfonamides is 2. The monoisotopic (exact) mass is 426 g/mol. The van der Waals surface area contributed by atoms with Crippen LogP contribution in [0, 0.1) is 5.82 Å². The summed E-state index contributed by atoms with van der Waals surface area (Å²) < 4.78 is 100. The van der Waals surface area contributed by atoms with Crippen molar-refractivity contribution in [3.05, 3.63) is 59.4 Å². The van der Waals surface area contributed by atoms with Crippen molar-refractivity contribution in [3.63, 3.8) is 0 Å². The summed E-state index contributed by atoms with van der Waals surface area (Å²) in [5.41, 5.74) is -0.752. The average molecular weight is 426 g/mol. The van der Waals surface area contributed by atoms with Gasteiger partial charge in [0.1, 0.15) is 10.7 Å². The lowest BCUT2D eigenvalue weighted by Crippen LogP contribution is -2.27. The largest absolute Gasteiger partial charge is 0.416 e. The summed E-state index contributed by atoms with van der Waals surface area (Å²) in [6.07, 6.45) is -4.73. The Balaban J connectivity index is 2.11. The molecule has 2 rings (SSSR count). The van der Waals surface area contributed by atoms with E-state index in [0.29, 0.717) is 17.7 Å². The quantitative estimate of drug-likeness (QED) is 0.689. The molecule has 0 spiro atoms. The lowest BCUT2D eigenvalue weighted by molar-refractivity contribution is -0.137. The van der Waals surface area contributed by atoms with Crippen molar-refractivity contribution in [2.24, 2.45) is 5.14 Å². The maximum absolute atomic E-state index is 13.7. The van der Waals surface area contributed by atoms with Crippen LogP contribution in [0.2, 0.25) is 0 Å². The molecule has 6 nitrogen and oxygen atoms in total. The summed E-state index contributed by atoms with van der Waals surface area (Å²) in [6, 6.07) is 6.36. The maximum Gasteiger partial charge on any atom is 0.416 e. The van der Waals surface area contributed by atoms with Crippen LogP contribution in [0.25, 0.3) is 0 Å². The number of benzene rings is 2. The van der Waals surface area contributed by atoms with Crippen molar-refractivity contribution >= 4 is 20.0 Å². The first kappa shape index (κ1) is 21.3. The Kier molecular flexibility index (Phi) is 5.94. The number of rotatable bonds is 6. The fourth-order valence-electron chi connectivity index (χ4n) is 2.14. The molecule has 12 heteroatoms. The first-order chi connectivity index (χ1) is 12.3. The Morgan fingerprint density at radius 3 is 2.07 bits per heavy atom. The summed E-state index contributed by atoms with van der Waals surface area (Å²) in [5.74, 6) is -1.31. The molecule has 2 aromatic rings. The van der Waals surface area contributed by atoms with Gasteiger partial charge in [0.15, 0.2) is 0 Å². The van der Waals surface area contributed by atoms with Gasteiger partial charge in [0, 0.05) is 6.54 Å². The van der Waals surface area contributed by atoms with E-state index < -0.39 is 42.5 Å². The van der Waals surface area contributed by atoms with Crippen LogP contribution >= 0.6 is 0 Å². The average Bonchev–Trinajstić information content (AvgIpc) is 2.53. The molecule has 27 heavy (non-hydrogen) atoms. The van der Waals surface area contributed by atoms with Crippen LogP contribution < -0.4 is 9.86 Å². The van der Waals surface area contributed by atoms with Gasteiger partial charge in [0.25, 0.3) is 0 Å². The molecule has 0 saturated carbocycles. The molecule has 0 bridgehead atoms. The molecule has 0 atom stereocenters. The number of alkyl halides is 3. The topological polar surface area (TPSA) is 106 Å². The Morgan fingerprint density at radius 2 is 1.56 bits per heavy atom. The van der Waals surface area contributed by atoms with E-state index in [1.165, 1.54) is 24.3 Å². The molecule has 0 radical (unpaired) electrons. The standard InChI is InChI=1S/C15H14F4N2O4S2/c16-13-6-3-11(15(17,18)19)9-14(13)27(24,25)21-8-7-10-1-4-12(5-2-10)26(20,22)23/h1-6,9,21H,7-8H2,(H2,20,22,23). The number of hydrogen-bond acceptors (Lipinski definition) is 4. The van der Waals surface area contributed by atoms with Crippen molar-refractivity contribution in [1.82, 2.24) is 4.72 Å². The highest BCUT2D eigenvalue weighted by Crippen LogP contribution is 2.31. The highest BCUT2D eigenvalue weighted by Gasteiger charge is 2.33. The van der Waals surface area contributed by atoms with Gasteiger partial charge in [0.05, 0.1) is 10.5 Å². The summed E-state index contributed by atoms with van der Waals surface area (Å²) >= 11 is 0. The van der Waals surface area contributed by atoms with Crippen molar-refractivity contribution in [2.45, 2.75) is 22.4 Å². The predicted octanol–water partition coefficient (Wildman–Crippen LogP) is 2.01. The van der Waals surface area contributed by atoms with Gasteiger partial charge in [-0.05, 0) is 42.3 Å². The third kappa shape index (κ3) is 5.48. The van der Waals surface area contributed by atoms with Crippen LogP contribution in [0.4, 0.5) is 17.6 Å². The summed E-state index contributed by atoms with van der Waals surface area (Å²) in [5, 5.41) is 4.95. The molecule has 0 unspecified atom stereocenters. The second-order valence-corrected chi connectivity index (χ2v) is 8.78. The highest BCUT2D eigenvalue weighted by molar-refractivity contribution is 7.89. The molecule has 0 heterocycles. The Bertz CT molecular complexity index is 1030. The van der Waals surface area contributed by atoms with E-state index in [9.17, 15) is 34.4 Å². The fraction of sp³-hybridized carbons (Fsp3) is 0.200.